The van der Waals surface area contributed by atoms with Crippen molar-refractivity contribution in [1.29, 1.82) is 0 Å². The fourth-order valence-corrected chi connectivity index (χ4v) is 2.86. The summed E-state index contributed by atoms with van der Waals surface area (Å²) >= 11 is 0. The van der Waals surface area contributed by atoms with E-state index in [1.807, 2.05) is 39.2 Å². The van der Waals surface area contributed by atoms with Gasteiger partial charge in [0.05, 0.1) is 11.4 Å². The number of hydrogen-bond acceptors (Lipinski definition) is 4. The maximum absolute atomic E-state index is 11.2. The standard InChI is InChI=1S/C19H19N3O3/c1-11-6-18(23)15(19(24)25)8-14(11)7-13-4-5-17(20-9-13)16-10-22(3)21-12(16)2/h4-6,8-10,23H,7H2,1-3H3,(H,24,25). The van der Waals surface area contributed by atoms with Gasteiger partial charge >= 0.3 is 5.97 Å². The van der Waals surface area contributed by atoms with Gasteiger partial charge in [0.2, 0.25) is 0 Å². The summed E-state index contributed by atoms with van der Waals surface area (Å²) in [5.74, 6) is -1.35. The SMILES string of the molecule is Cc1cc(O)c(C(=O)O)cc1Cc1ccc(-c2cn(C)nc2C)nc1. The summed E-state index contributed by atoms with van der Waals surface area (Å²) < 4.78 is 1.76. The van der Waals surface area contributed by atoms with Crippen LogP contribution < -0.4 is 0 Å². The van der Waals surface area contributed by atoms with Crippen LogP contribution in [0.4, 0.5) is 0 Å². The Labute approximate surface area is 145 Å². The molecular formula is C19H19N3O3. The molecule has 0 atom stereocenters. The monoisotopic (exact) mass is 337 g/mol. The molecule has 6 heteroatoms. The molecule has 2 heterocycles. The van der Waals surface area contributed by atoms with Crippen molar-refractivity contribution in [3.8, 4) is 17.0 Å². The predicted molar refractivity (Wildman–Crippen MR) is 93.8 cm³/mol. The number of aromatic hydroxyl groups is 1. The van der Waals surface area contributed by atoms with Crippen molar-refractivity contribution in [2.24, 2.45) is 7.05 Å². The molecule has 0 saturated heterocycles. The van der Waals surface area contributed by atoms with E-state index in [-0.39, 0.29) is 11.3 Å². The fraction of sp³-hybridized carbons (Fsp3) is 0.211. The van der Waals surface area contributed by atoms with Gasteiger partial charge < -0.3 is 10.2 Å². The molecule has 0 spiro atoms. The van der Waals surface area contributed by atoms with Gasteiger partial charge in [-0.05, 0) is 55.2 Å². The van der Waals surface area contributed by atoms with E-state index < -0.39 is 5.97 Å². The summed E-state index contributed by atoms with van der Waals surface area (Å²) in [5.41, 5.74) is 5.33. The van der Waals surface area contributed by atoms with Crippen LogP contribution in [0.3, 0.4) is 0 Å². The van der Waals surface area contributed by atoms with E-state index in [4.69, 9.17) is 5.11 Å². The molecule has 0 bridgehead atoms. The van der Waals surface area contributed by atoms with Crippen LogP contribution in [0.25, 0.3) is 11.3 Å². The van der Waals surface area contributed by atoms with Crippen LogP contribution in [-0.2, 0) is 13.5 Å². The van der Waals surface area contributed by atoms with Crippen molar-refractivity contribution in [3.05, 3.63) is 64.6 Å². The van der Waals surface area contributed by atoms with Crippen LogP contribution in [0, 0.1) is 13.8 Å². The van der Waals surface area contributed by atoms with E-state index >= 15 is 0 Å². The number of carbonyl (C=O) groups is 1. The van der Waals surface area contributed by atoms with Crippen molar-refractivity contribution in [3.63, 3.8) is 0 Å². The molecule has 2 N–H and O–H groups in total. The number of rotatable bonds is 4. The molecule has 0 radical (unpaired) electrons. The first-order valence-electron chi connectivity index (χ1n) is 7.86. The molecule has 0 unspecified atom stereocenters. The van der Waals surface area contributed by atoms with Crippen LogP contribution in [0.5, 0.6) is 5.75 Å². The van der Waals surface area contributed by atoms with Gasteiger partial charge in [-0.25, -0.2) is 4.79 Å². The Balaban J connectivity index is 1.88. The third-order valence-corrected chi connectivity index (χ3v) is 4.19. The highest BCUT2D eigenvalue weighted by atomic mass is 16.4. The molecule has 3 rings (SSSR count). The molecule has 3 aromatic rings. The first-order valence-corrected chi connectivity index (χ1v) is 7.86. The van der Waals surface area contributed by atoms with Crippen LogP contribution in [0.15, 0.2) is 36.7 Å². The zero-order valence-electron chi connectivity index (χ0n) is 14.3. The van der Waals surface area contributed by atoms with E-state index in [2.05, 4.69) is 10.1 Å². The molecule has 25 heavy (non-hydrogen) atoms. The van der Waals surface area contributed by atoms with E-state index in [0.29, 0.717) is 6.42 Å². The summed E-state index contributed by atoms with van der Waals surface area (Å²) in [6.07, 6.45) is 4.26. The summed E-state index contributed by atoms with van der Waals surface area (Å²) in [5, 5.41) is 23.2. The lowest BCUT2D eigenvalue weighted by Crippen LogP contribution is -2.01. The van der Waals surface area contributed by atoms with Crippen molar-refractivity contribution in [2.45, 2.75) is 20.3 Å². The number of hydrogen-bond donors (Lipinski definition) is 2. The molecule has 1 aromatic carbocycles. The van der Waals surface area contributed by atoms with E-state index in [1.165, 1.54) is 12.1 Å². The number of aryl methyl sites for hydroxylation is 3. The predicted octanol–water partition coefficient (Wildman–Crippen LogP) is 3.09. The molecule has 0 aliphatic rings. The third-order valence-electron chi connectivity index (χ3n) is 4.19. The van der Waals surface area contributed by atoms with Gasteiger partial charge in [0.25, 0.3) is 0 Å². The Hall–Kier alpha value is -3.15. The second-order valence-electron chi connectivity index (χ2n) is 6.13. The van der Waals surface area contributed by atoms with Crippen molar-refractivity contribution < 1.29 is 15.0 Å². The smallest absolute Gasteiger partial charge is 0.339 e. The lowest BCUT2D eigenvalue weighted by molar-refractivity contribution is 0.0693. The summed E-state index contributed by atoms with van der Waals surface area (Å²) in [4.78, 5) is 15.7. The number of benzene rings is 1. The second kappa shape index (κ2) is 6.39. The van der Waals surface area contributed by atoms with Crippen LogP contribution in [0.1, 0.15) is 32.7 Å². The van der Waals surface area contributed by atoms with Crippen molar-refractivity contribution in [2.75, 3.05) is 0 Å². The van der Waals surface area contributed by atoms with Crippen LogP contribution in [0.2, 0.25) is 0 Å². The Bertz CT molecular complexity index is 943. The molecule has 6 nitrogen and oxygen atoms in total. The Morgan fingerprint density at radius 3 is 2.56 bits per heavy atom. The Morgan fingerprint density at radius 1 is 1.24 bits per heavy atom. The van der Waals surface area contributed by atoms with Gasteiger partial charge in [0, 0.05) is 25.0 Å². The largest absolute Gasteiger partial charge is 0.507 e. The molecule has 0 saturated carbocycles. The Morgan fingerprint density at radius 2 is 2.00 bits per heavy atom. The minimum atomic E-state index is -1.14. The summed E-state index contributed by atoms with van der Waals surface area (Å²) in [6.45, 7) is 3.79. The highest BCUT2D eigenvalue weighted by Crippen LogP contribution is 2.25. The summed E-state index contributed by atoms with van der Waals surface area (Å²) in [7, 11) is 1.87. The third kappa shape index (κ3) is 3.38. The van der Waals surface area contributed by atoms with Gasteiger partial charge in [-0.3, -0.25) is 9.67 Å². The number of aromatic nitrogens is 3. The molecule has 0 amide bonds. The molecule has 2 aromatic heterocycles. The highest BCUT2D eigenvalue weighted by molar-refractivity contribution is 5.91. The lowest BCUT2D eigenvalue weighted by Gasteiger charge is -2.09. The number of phenols is 1. The zero-order chi connectivity index (χ0) is 18.1. The van der Waals surface area contributed by atoms with E-state index in [9.17, 15) is 9.90 Å². The van der Waals surface area contributed by atoms with Crippen LogP contribution in [-0.4, -0.2) is 30.9 Å². The first kappa shape index (κ1) is 16.7. The van der Waals surface area contributed by atoms with Crippen molar-refractivity contribution >= 4 is 5.97 Å². The molecule has 0 aliphatic carbocycles. The average molecular weight is 337 g/mol. The number of pyridine rings is 1. The number of carboxylic acids is 1. The minimum Gasteiger partial charge on any atom is -0.507 e. The fourth-order valence-electron chi connectivity index (χ4n) is 2.86. The van der Waals surface area contributed by atoms with Crippen LogP contribution >= 0.6 is 0 Å². The molecule has 128 valence electrons. The molecular weight excluding hydrogens is 318 g/mol. The molecule has 0 fully saturated rings. The second-order valence-corrected chi connectivity index (χ2v) is 6.13. The van der Waals surface area contributed by atoms with Gasteiger partial charge in [0.1, 0.15) is 11.3 Å². The number of nitrogens with zero attached hydrogens (tertiary/aromatic N) is 3. The number of carboxylic acid groups (broad SMARTS) is 1. The highest BCUT2D eigenvalue weighted by Gasteiger charge is 2.13. The summed E-state index contributed by atoms with van der Waals surface area (Å²) in [6, 6.07) is 6.92. The average Bonchev–Trinajstić information content (AvgIpc) is 2.89. The van der Waals surface area contributed by atoms with Gasteiger partial charge in [-0.1, -0.05) is 6.07 Å². The van der Waals surface area contributed by atoms with E-state index in [1.54, 1.807) is 10.9 Å². The van der Waals surface area contributed by atoms with E-state index in [0.717, 1.165) is 33.6 Å². The maximum Gasteiger partial charge on any atom is 0.339 e. The topological polar surface area (TPSA) is 88.2 Å². The first-order chi connectivity index (χ1) is 11.8. The maximum atomic E-state index is 11.2. The van der Waals surface area contributed by atoms with Gasteiger partial charge in [-0.15, -0.1) is 0 Å². The quantitative estimate of drug-likeness (QED) is 0.764. The molecule has 0 aliphatic heterocycles. The van der Waals surface area contributed by atoms with Gasteiger partial charge in [-0.2, -0.15) is 5.10 Å². The normalized spacial score (nSPS) is 10.8. The van der Waals surface area contributed by atoms with Crippen molar-refractivity contribution in [1.82, 2.24) is 14.8 Å². The number of aromatic carboxylic acids is 1. The zero-order valence-corrected chi connectivity index (χ0v) is 14.3. The Kier molecular flexibility index (Phi) is 4.27. The minimum absolute atomic E-state index is 0.0869. The van der Waals surface area contributed by atoms with Gasteiger partial charge in [0.15, 0.2) is 0 Å². The lowest BCUT2D eigenvalue weighted by atomic mass is 9.98.